The summed E-state index contributed by atoms with van der Waals surface area (Å²) in [4.78, 5) is 2.58. The number of nitrogens with zero attached hydrogens (tertiary/aromatic N) is 1. The highest BCUT2D eigenvalue weighted by Crippen LogP contribution is 2.17. The summed E-state index contributed by atoms with van der Waals surface area (Å²) in [5, 5.41) is 8.80. The van der Waals surface area contributed by atoms with Crippen molar-refractivity contribution in [1.29, 1.82) is 0 Å². The van der Waals surface area contributed by atoms with Gasteiger partial charge in [-0.05, 0) is 48.2 Å². The molecule has 0 unspecified atom stereocenters. The molecule has 0 aliphatic heterocycles. The molecular formula is C22H29NO3S. The molecule has 0 saturated carbocycles. The second-order valence-electron chi connectivity index (χ2n) is 6.83. The van der Waals surface area contributed by atoms with Gasteiger partial charge in [0.25, 0.3) is 0 Å². The van der Waals surface area contributed by atoms with Crippen LogP contribution >= 0.6 is 0 Å². The zero-order chi connectivity index (χ0) is 19.7. The predicted octanol–water partition coefficient (Wildman–Crippen LogP) is 4.25. The Morgan fingerprint density at radius 2 is 1.37 bits per heavy atom. The van der Waals surface area contributed by atoms with Gasteiger partial charge in [-0.25, -0.2) is 8.42 Å². The zero-order valence-corrected chi connectivity index (χ0v) is 17.0. The van der Waals surface area contributed by atoms with Crippen molar-refractivity contribution in [3.63, 3.8) is 0 Å². The number of anilines is 1. The first-order valence-corrected chi connectivity index (χ1v) is 11.2. The first-order valence-electron chi connectivity index (χ1n) is 9.30. The number of unbranched alkanes of at least 4 members (excludes halogenated alkanes) is 3. The van der Waals surface area contributed by atoms with Gasteiger partial charge >= 0.3 is 0 Å². The summed E-state index contributed by atoms with van der Waals surface area (Å²) in [6.07, 6.45) is 9.46. The number of rotatable bonds is 10. The van der Waals surface area contributed by atoms with Gasteiger partial charge in [-0.1, -0.05) is 49.3 Å². The molecule has 0 spiro atoms. The molecule has 0 aliphatic carbocycles. The fraction of sp³-hybridized carbons (Fsp3) is 0.364. The van der Waals surface area contributed by atoms with E-state index in [4.69, 9.17) is 5.11 Å². The Bertz CT molecular complexity index is 825. The predicted molar refractivity (Wildman–Crippen MR) is 114 cm³/mol. The molecule has 0 saturated heterocycles. The van der Waals surface area contributed by atoms with Crippen molar-refractivity contribution in [3.8, 4) is 0 Å². The lowest BCUT2D eigenvalue weighted by Crippen LogP contribution is -2.18. The lowest BCUT2D eigenvalue weighted by atomic mass is 10.1. The van der Waals surface area contributed by atoms with Gasteiger partial charge in [0.2, 0.25) is 0 Å². The van der Waals surface area contributed by atoms with E-state index >= 15 is 0 Å². The normalized spacial score (nSPS) is 11.8. The fourth-order valence-electron chi connectivity index (χ4n) is 2.80. The quantitative estimate of drug-likeness (QED) is 0.489. The van der Waals surface area contributed by atoms with Gasteiger partial charge in [0, 0.05) is 32.1 Å². The van der Waals surface area contributed by atoms with Crippen LogP contribution in [-0.2, 0) is 9.84 Å². The van der Waals surface area contributed by atoms with Gasteiger partial charge < -0.3 is 10.0 Å². The van der Waals surface area contributed by atoms with Crippen molar-refractivity contribution in [2.75, 3.05) is 31.4 Å². The van der Waals surface area contributed by atoms with Gasteiger partial charge in [0.15, 0.2) is 9.84 Å². The molecule has 0 aliphatic rings. The summed E-state index contributed by atoms with van der Waals surface area (Å²) in [5.41, 5.74) is 3.25. The van der Waals surface area contributed by atoms with Crippen LogP contribution in [0, 0.1) is 0 Å². The Labute approximate surface area is 163 Å². The van der Waals surface area contributed by atoms with Crippen LogP contribution < -0.4 is 4.90 Å². The van der Waals surface area contributed by atoms with E-state index in [9.17, 15) is 8.42 Å². The lowest BCUT2D eigenvalue weighted by molar-refractivity contribution is 0.282. The van der Waals surface area contributed by atoms with Crippen molar-refractivity contribution in [2.45, 2.75) is 30.6 Å². The van der Waals surface area contributed by atoms with E-state index in [1.165, 1.54) is 11.9 Å². The van der Waals surface area contributed by atoms with E-state index in [1.54, 1.807) is 12.1 Å². The van der Waals surface area contributed by atoms with E-state index in [0.29, 0.717) is 4.90 Å². The van der Waals surface area contributed by atoms with E-state index < -0.39 is 9.84 Å². The highest BCUT2D eigenvalue weighted by Gasteiger charge is 2.05. The van der Waals surface area contributed by atoms with Crippen molar-refractivity contribution >= 4 is 27.7 Å². The number of benzene rings is 2. The highest BCUT2D eigenvalue weighted by molar-refractivity contribution is 7.90. The maximum atomic E-state index is 11.5. The molecule has 5 heteroatoms. The van der Waals surface area contributed by atoms with Gasteiger partial charge in [-0.3, -0.25) is 0 Å². The summed E-state index contributed by atoms with van der Waals surface area (Å²) < 4.78 is 23.0. The smallest absolute Gasteiger partial charge is 0.175 e. The molecular weight excluding hydrogens is 358 g/mol. The van der Waals surface area contributed by atoms with Crippen LogP contribution in [0.2, 0.25) is 0 Å². The van der Waals surface area contributed by atoms with E-state index in [1.807, 2.05) is 24.3 Å². The minimum absolute atomic E-state index is 0.284. The molecule has 0 heterocycles. The van der Waals surface area contributed by atoms with Crippen molar-refractivity contribution in [2.24, 2.45) is 0 Å². The minimum Gasteiger partial charge on any atom is -0.396 e. The average molecular weight is 388 g/mol. The van der Waals surface area contributed by atoms with Gasteiger partial charge in [-0.15, -0.1) is 0 Å². The molecule has 2 aromatic rings. The van der Waals surface area contributed by atoms with Crippen LogP contribution in [0.4, 0.5) is 5.69 Å². The number of sulfone groups is 1. The van der Waals surface area contributed by atoms with E-state index in [-0.39, 0.29) is 6.61 Å². The molecule has 1 N–H and O–H groups in total. The number of hydrogen-bond acceptors (Lipinski definition) is 4. The zero-order valence-electron chi connectivity index (χ0n) is 16.1. The van der Waals surface area contributed by atoms with Crippen LogP contribution in [0.25, 0.3) is 12.2 Å². The van der Waals surface area contributed by atoms with Crippen LogP contribution in [0.5, 0.6) is 0 Å². The van der Waals surface area contributed by atoms with Crippen LogP contribution in [0.3, 0.4) is 0 Å². The summed E-state index contributed by atoms with van der Waals surface area (Å²) in [5.74, 6) is 0. The van der Waals surface area contributed by atoms with E-state index in [0.717, 1.165) is 43.4 Å². The van der Waals surface area contributed by atoms with Crippen molar-refractivity contribution in [1.82, 2.24) is 0 Å². The Morgan fingerprint density at radius 3 is 1.89 bits per heavy atom. The van der Waals surface area contributed by atoms with Crippen molar-refractivity contribution in [3.05, 3.63) is 59.7 Å². The minimum atomic E-state index is -3.15. The molecule has 0 atom stereocenters. The molecule has 0 radical (unpaired) electrons. The number of aliphatic hydroxyl groups excluding tert-OH is 1. The standard InChI is InChI=1S/C22H29NO3S/c1-23(17-5-3-4-6-18-24)21-13-9-19(10-14-21)7-8-20-11-15-22(16-12-20)27(2,25)26/h7-16,24H,3-6,17-18H2,1-2H3. The second kappa shape index (κ2) is 10.3. The van der Waals surface area contributed by atoms with Crippen molar-refractivity contribution < 1.29 is 13.5 Å². The molecule has 4 nitrogen and oxygen atoms in total. The summed E-state index contributed by atoms with van der Waals surface area (Å²) in [6.45, 7) is 1.29. The van der Waals surface area contributed by atoms with Crippen LogP contribution in [0.1, 0.15) is 36.8 Å². The first-order chi connectivity index (χ1) is 12.9. The monoisotopic (exact) mass is 387 g/mol. The summed E-state index contributed by atoms with van der Waals surface area (Å²) >= 11 is 0. The molecule has 0 fully saturated rings. The maximum absolute atomic E-state index is 11.5. The number of hydrogen-bond donors (Lipinski definition) is 1. The van der Waals surface area contributed by atoms with E-state index in [2.05, 4.69) is 36.2 Å². The molecule has 0 bridgehead atoms. The fourth-order valence-corrected chi connectivity index (χ4v) is 3.43. The third-order valence-electron chi connectivity index (χ3n) is 4.51. The first kappa shape index (κ1) is 21.2. The van der Waals surface area contributed by atoms with Gasteiger partial charge in [0.1, 0.15) is 0 Å². The van der Waals surface area contributed by atoms with Gasteiger partial charge in [-0.2, -0.15) is 0 Å². The average Bonchev–Trinajstić information content (AvgIpc) is 2.66. The third kappa shape index (κ3) is 7.19. The molecule has 2 rings (SSSR count). The molecule has 0 aromatic heterocycles. The Morgan fingerprint density at radius 1 is 0.852 bits per heavy atom. The highest BCUT2D eigenvalue weighted by atomic mass is 32.2. The maximum Gasteiger partial charge on any atom is 0.175 e. The second-order valence-corrected chi connectivity index (χ2v) is 8.84. The van der Waals surface area contributed by atoms with Crippen LogP contribution in [0.15, 0.2) is 53.4 Å². The Hall–Kier alpha value is -2.11. The number of aliphatic hydroxyl groups is 1. The molecule has 27 heavy (non-hydrogen) atoms. The summed E-state index contributed by atoms with van der Waals surface area (Å²) in [6, 6.07) is 15.3. The lowest BCUT2D eigenvalue weighted by Gasteiger charge is -2.19. The van der Waals surface area contributed by atoms with Gasteiger partial charge in [0.05, 0.1) is 4.90 Å². The summed E-state index contributed by atoms with van der Waals surface area (Å²) in [7, 11) is -1.05. The van der Waals surface area contributed by atoms with Crippen LogP contribution in [-0.4, -0.2) is 40.0 Å². The third-order valence-corrected chi connectivity index (χ3v) is 5.64. The topological polar surface area (TPSA) is 57.6 Å². The molecule has 146 valence electrons. The Balaban J connectivity index is 1.90. The largest absolute Gasteiger partial charge is 0.396 e. The Kier molecular flexibility index (Phi) is 8.07. The molecule has 2 aromatic carbocycles. The SMILES string of the molecule is CN(CCCCCCO)c1ccc(C=Cc2ccc(S(C)(=O)=O)cc2)cc1. The molecule has 0 amide bonds.